The molecule has 1 amide bonds. The molecule has 1 N–H and O–H groups in total. The predicted molar refractivity (Wildman–Crippen MR) is 106 cm³/mol. The molecule has 7 heteroatoms. The van der Waals surface area contributed by atoms with E-state index in [0.717, 1.165) is 41.8 Å². The highest BCUT2D eigenvalue weighted by Crippen LogP contribution is 2.19. The number of amides is 1. The third-order valence-corrected chi connectivity index (χ3v) is 4.72. The molecule has 0 spiro atoms. The van der Waals surface area contributed by atoms with Crippen molar-refractivity contribution in [3.63, 3.8) is 0 Å². The second-order valence-electron chi connectivity index (χ2n) is 6.39. The summed E-state index contributed by atoms with van der Waals surface area (Å²) in [5.74, 6) is 0.901. The molecule has 6 nitrogen and oxygen atoms in total. The van der Waals surface area contributed by atoms with Crippen LogP contribution in [0.15, 0.2) is 34.8 Å². The van der Waals surface area contributed by atoms with Gasteiger partial charge in [-0.25, -0.2) is 4.98 Å². The number of aromatic nitrogens is 2. The van der Waals surface area contributed by atoms with Crippen LogP contribution >= 0.6 is 15.9 Å². The summed E-state index contributed by atoms with van der Waals surface area (Å²) in [7, 11) is 0. The summed E-state index contributed by atoms with van der Waals surface area (Å²) in [6.45, 7) is 3.75. The van der Waals surface area contributed by atoms with Crippen LogP contribution in [-0.2, 0) is 4.79 Å². The van der Waals surface area contributed by atoms with E-state index in [1.165, 1.54) is 12.8 Å². The van der Waals surface area contributed by atoms with Crippen LogP contribution in [0.4, 0.5) is 11.6 Å². The Morgan fingerprint density at radius 3 is 2.54 bits per heavy atom. The van der Waals surface area contributed by atoms with E-state index in [2.05, 4.69) is 36.1 Å². The van der Waals surface area contributed by atoms with E-state index in [9.17, 15) is 4.79 Å². The Hall–Kier alpha value is -2.15. The molecule has 2 heterocycles. The summed E-state index contributed by atoms with van der Waals surface area (Å²) in [5.41, 5.74) is 1.56. The highest BCUT2D eigenvalue weighted by Gasteiger charge is 2.14. The van der Waals surface area contributed by atoms with Crippen LogP contribution < -0.4 is 15.0 Å². The van der Waals surface area contributed by atoms with Gasteiger partial charge in [0.1, 0.15) is 0 Å². The molecule has 0 saturated carbocycles. The molecule has 1 aliphatic rings. The third-order valence-electron chi connectivity index (χ3n) is 4.19. The number of hydrogen-bond acceptors (Lipinski definition) is 5. The summed E-state index contributed by atoms with van der Waals surface area (Å²) < 4.78 is 6.57. The number of rotatable bonds is 5. The number of halogens is 1. The van der Waals surface area contributed by atoms with Crippen molar-refractivity contribution in [1.82, 2.24) is 9.97 Å². The van der Waals surface area contributed by atoms with Crippen molar-refractivity contribution in [3.05, 3.63) is 40.5 Å². The smallest absolute Gasteiger partial charge is 0.262 e. The van der Waals surface area contributed by atoms with Crippen LogP contribution in [0.1, 0.15) is 31.4 Å². The Labute approximate surface area is 162 Å². The van der Waals surface area contributed by atoms with Crippen molar-refractivity contribution >= 4 is 33.5 Å². The van der Waals surface area contributed by atoms with Crippen LogP contribution in [-0.4, -0.2) is 35.6 Å². The summed E-state index contributed by atoms with van der Waals surface area (Å²) in [5, 5.41) is 2.80. The van der Waals surface area contributed by atoms with Gasteiger partial charge in [-0.2, -0.15) is 4.98 Å². The Morgan fingerprint density at radius 1 is 1.15 bits per heavy atom. The number of carbonyl (C=O) groups is 1. The average Bonchev–Trinajstić information content (AvgIpc) is 2.91. The molecule has 1 aromatic carbocycles. The molecule has 2 aromatic rings. The third kappa shape index (κ3) is 5.42. The minimum Gasteiger partial charge on any atom is -0.467 e. The van der Waals surface area contributed by atoms with E-state index in [1.54, 1.807) is 6.07 Å². The van der Waals surface area contributed by atoms with E-state index in [4.69, 9.17) is 4.74 Å². The molecule has 26 heavy (non-hydrogen) atoms. The summed E-state index contributed by atoms with van der Waals surface area (Å²) in [4.78, 5) is 23.3. The van der Waals surface area contributed by atoms with Gasteiger partial charge in [0, 0.05) is 35.0 Å². The fourth-order valence-electron chi connectivity index (χ4n) is 2.88. The molecule has 1 aliphatic heterocycles. The molecule has 1 aromatic heterocycles. The zero-order valence-corrected chi connectivity index (χ0v) is 16.5. The first-order chi connectivity index (χ1) is 12.6. The number of anilines is 2. The topological polar surface area (TPSA) is 67.3 Å². The van der Waals surface area contributed by atoms with Gasteiger partial charge in [-0.15, -0.1) is 0 Å². The van der Waals surface area contributed by atoms with Gasteiger partial charge in [-0.3, -0.25) is 4.79 Å². The quantitative estimate of drug-likeness (QED) is 0.795. The molecule has 0 bridgehead atoms. The van der Waals surface area contributed by atoms with Gasteiger partial charge in [0.25, 0.3) is 5.91 Å². The normalized spacial score (nSPS) is 14.6. The summed E-state index contributed by atoms with van der Waals surface area (Å²) >= 11 is 3.37. The molecule has 0 unspecified atom stereocenters. The molecule has 3 rings (SSSR count). The highest BCUT2D eigenvalue weighted by atomic mass is 79.9. The maximum Gasteiger partial charge on any atom is 0.262 e. The molecular formula is C19H23BrN4O2. The second kappa shape index (κ2) is 8.98. The zero-order chi connectivity index (χ0) is 18.4. The molecular weight excluding hydrogens is 396 g/mol. The Kier molecular flexibility index (Phi) is 6.44. The average molecular weight is 419 g/mol. The number of hydrogen-bond donors (Lipinski definition) is 1. The minimum absolute atomic E-state index is 0.0913. The lowest BCUT2D eigenvalue weighted by Gasteiger charge is -2.21. The number of carbonyl (C=O) groups excluding carboxylic acids is 1. The lowest BCUT2D eigenvalue weighted by atomic mass is 10.2. The standard InChI is InChI=1S/C19H23BrN4O2/c1-14-12-18(23-19(21-14)24-10-4-2-3-5-11-24)26-13-17(25)22-16-8-6-15(20)7-9-16/h6-9,12H,2-5,10-11,13H2,1H3,(H,22,25). The maximum absolute atomic E-state index is 12.1. The fraction of sp³-hybridized carbons (Fsp3) is 0.421. The molecule has 138 valence electrons. The first kappa shape index (κ1) is 18.6. The lowest BCUT2D eigenvalue weighted by Crippen LogP contribution is -2.26. The lowest BCUT2D eigenvalue weighted by molar-refractivity contribution is -0.118. The van der Waals surface area contributed by atoms with Crippen molar-refractivity contribution in [2.45, 2.75) is 32.6 Å². The first-order valence-electron chi connectivity index (χ1n) is 8.89. The van der Waals surface area contributed by atoms with Crippen LogP contribution in [0.2, 0.25) is 0 Å². The second-order valence-corrected chi connectivity index (χ2v) is 7.31. The summed E-state index contributed by atoms with van der Waals surface area (Å²) in [6.07, 6.45) is 4.82. The zero-order valence-electron chi connectivity index (χ0n) is 14.9. The predicted octanol–water partition coefficient (Wildman–Crippen LogP) is 3.95. The number of nitrogens with zero attached hydrogens (tertiary/aromatic N) is 3. The monoisotopic (exact) mass is 418 g/mol. The van der Waals surface area contributed by atoms with Gasteiger partial charge in [0.2, 0.25) is 11.8 Å². The number of benzene rings is 1. The van der Waals surface area contributed by atoms with Crippen LogP contribution in [0.3, 0.4) is 0 Å². The van der Waals surface area contributed by atoms with Gasteiger partial charge < -0.3 is 15.0 Å². The van der Waals surface area contributed by atoms with Crippen LogP contribution in [0.5, 0.6) is 5.88 Å². The van der Waals surface area contributed by atoms with Gasteiger partial charge in [-0.1, -0.05) is 28.8 Å². The van der Waals surface area contributed by atoms with E-state index >= 15 is 0 Å². The maximum atomic E-state index is 12.1. The van der Waals surface area contributed by atoms with Crippen LogP contribution in [0, 0.1) is 6.92 Å². The van der Waals surface area contributed by atoms with Crippen LogP contribution in [0.25, 0.3) is 0 Å². The van der Waals surface area contributed by atoms with E-state index < -0.39 is 0 Å². The largest absolute Gasteiger partial charge is 0.467 e. The Morgan fingerprint density at radius 2 is 1.85 bits per heavy atom. The Balaban J connectivity index is 1.60. The van der Waals surface area contributed by atoms with Gasteiger partial charge in [0.05, 0.1) is 0 Å². The number of aryl methyl sites for hydroxylation is 1. The van der Waals surface area contributed by atoms with Crippen molar-refractivity contribution in [2.24, 2.45) is 0 Å². The fourth-order valence-corrected chi connectivity index (χ4v) is 3.14. The molecule has 0 atom stereocenters. The van der Waals surface area contributed by atoms with Crippen molar-refractivity contribution in [3.8, 4) is 5.88 Å². The molecule has 1 fully saturated rings. The molecule has 0 aliphatic carbocycles. The number of nitrogens with one attached hydrogen (secondary N) is 1. The van der Waals surface area contributed by atoms with Gasteiger partial charge >= 0.3 is 0 Å². The van der Waals surface area contributed by atoms with E-state index in [-0.39, 0.29) is 12.5 Å². The Bertz CT molecular complexity index is 744. The highest BCUT2D eigenvalue weighted by molar-refractivity contribution is 9.10. The van der Waals surface area contributed by atoms with E-state index in [1.807, 2.05) is 31.2 Å². The van der Waals surface area contributed by atoms with Crippen molar-refractivity contribution in [2.75, 3.05) is 29.9 Å². The van der Waals surface area contributed by atoms with Crippen molar-refractivity contribution < 1.29 is 9.53 Å². The molecule has 0 radical (unpaired) electrons. The van der Waals surface area contributed by atoms with Gasteiger partial charge in [0.15, 0.2) is 6.61 Å². The van der Waals surface area contributed by atoms with E-state index in [0.29, 0.717) is 11.8 Å². The SMILES string of the molecule is Cc1cc(OCC(=O)Nc2ccc(Br)cc2)nc(N2CCCCCC2)n1. The van der Waals surface area contributed by atoms with Gasteiger partial charge in [-0.05, 0) is 44.0 Å². The molecule has 1 saturated heterocycles. The first-order valence-corrected chi connectivity index (χ1v) is 9.68. The summed E-state index contributed by atoms with van der Waals surface area (Å²) in [6, 6.07) is 9.16. The van der Waals surface area contributed by atoms with Crippen molar-refractivity contribution in [1.29, 1.82) is 0 Å². The minimum atomic E-state index is -0.222. The number of ether oxygens (including phenoxy) is 1.